The van der Waals surface area contributed by atoms with Gasteiger partial charge in [-0.1, -0.05) is 12.1 Å². The monoisotopic (exact) mass is 244 g/mol. The average Bonchev–Trinajstić information content (AvgIpc) is 2.58. The molecule has 18 heavy (non-hydrogen) atoms. The Morgan fingerprint density at radius 1 is 1.17 bits per heavy atom. The Hall–Kier alpha value is -1.88. The highest BCUT2D eigenvalue weighted by Gasteiger charge is 2.21. The lowest BCUT2D eigenvalue weighted by Crippen LogP contribution is -2.46. The molecule has 0 aromatic heterocycles. The molecule has 2 aliphatic rings. The number of aliphatic imine (C=N–C) groups is 1. The van der Waals surface area contributed by atoms with Gasteiger partial charge in [0.15, 0.2) is 0 Å². The third-order valence-corrected chi connectivity index (χ3v) is 3.23. The summed E-state index contributed by atoms with van der Waals surface area (Å²) in [6.45, 7) is 3.99. The van der Waals surface area contributed by atoms with E-state index in [4.69, 9.17) is 0 Å². The van der Waals surface area contributed by atoms with Gasteiger partial charge in [0.1, 0.15) is 12.4 Å². The number of amidine groups is 1. The predicted octanol–water partition coefficient (Wildman–Crippen LogP) is 0.290. The molecule has 2 aliphatic heterocycles. The molecule has 2 N–H and O–H groups in total. The number of rotatable bonds is 0. The molecule has 1 amide bonds. The maximum atomic E-state index is 11.6. The minimum absolute atomic E-state index is 0.0485. The van der Waals surface area contributed by atoms with Crippen LogP contribution in [0.1, 0.15) is 5.56 Å². The van der Waals surface area contributed by atoms with Crippen molar-refractivity contribution in [2.45, 2.75) is 0 Å². The molecule has 1 aromatic rings. The summed E-state index contributed by atoms with van der Waals surface area (Å²) >= 11 is 0. The van der Waals surface area contributed by atoms with Crippen molar-refractivity contribution in [1.82, 2.24) is 10.2 Å². The van der Waals surface area contributed by atoms with Gasteiger partial charge < -0.3 is 15.5 Å². The van der Waals surface area contributed by atoms with E-state index in [-0.39, 0.29) is 12.5 Å². The lowest BCUT2D eigenvalue weighted by Gasteiger charge is -2.30. The van der Waals surface area contributed by atoms with Gasteiger partial charge in [-0.2, -0.15) is 0 Å². The minimum atomic E-state index is -0.0485. The van der Waals surface area contributed by atoms with E-state index in [1.807, 2.05) is 24.3 Å². The average molecular weight is 244 g/mol. The molecule has 1 aromatic carbocycles. The largest absolute Gasteiger partial charge is 0.354 e. The van der Waals surface area contributed by atoms with Crippen LogP contribution in [0.25, 0.3) is 0 Å². The number of para-hydroxylation sites is 1. The molecule has 3 rings (SSSR count). The van der Waals surface area contributed by atoms with Crippen LogP contribution in [0.2, 0.25) is 0 Å². The van der Waals surface area contributed by atoms with Gasteiger partial charge in [0, 0.05) is 31.7 Å². The highest BCUT2D eigenvalue weighted by molar-refractivity contribution is 6.09. The predicted molar refractivity (Wildman–Crippen MR) is 70.9 cm³/mol. The number of anilines is 1. The molecule has 0 spiro atoms. The number of fused-ring (bicyclic) bond motifs is 1. The molecule has 1 saturated heterocycles. The van der Waals surface area contributed by atoms with Crippen LogP contribution in [0.3, 0.4) is 0 Å². The van der Waals surface area contributed by atoms with Gasteiger partial charge >= 0.3 is 0 Å². The quantitative estimate of drug-likeness (QED) is 0.689. The van der Waals surface area contributed by atoms with Crippen molar-refractivity contribution in [3.63, 3.8) is 0 Å². The zero-order valence-electron chi connectivity index (χ0n) is 10.1. The van der Waals surface area contributed by atoms with Gasteiger partial charge in [0.05, 0.1) is 5.69 Å². The van der Waals surface area contributed by atoms with E-state index in [0.717, 1.165) is 43.3 Å². The number of amides is 1. The van der Waals surface area contributed by atoms with Gasteiger partial charge in [0.2, 0.25) is 5.91 Å². The number of carbonyl (C=O) groups is 1. The van der Waals surface area contributed by atoms with E-state index in [0.29, 0.717) is 0 Å². The molecule has 0 aliphatic carbocycles. The number of hydrogen-bond acceptors (Lipinski definition) is 4. The van der Waals surface area contributed by atoms with Crippen LogP contribution in [-0.4, -0.2) is 49.4 Å². The van der Waals surface area contributed by atoms with Crippen molar-refractivity contribution >= 4 is 17.4 Å². The molecule has 5 heteroatoms. The summed E-state index contributed by atoms with van der Waals surface area (Å²) in [7, 11) is 0. The van der Waals surface area contributed by atoms with Gasteiger partial charge in [-0.25, -0.2) is 0 Å². The molecule has 2 heterocycles. The first-order valence-corrected chi connectivity index (χ1v) is 6.24. The van der Waals surface area contributed by atoms with E-state index in [1.54, 1.807) is 0 Å². The number of benzodiazepines with no additional fused rings is 1. The Morgan fingerprint density at radius 3 is 2.78 bits per heavy atom. The fourth-order valence-corrected chi connectivity index (χ4v) is 2.36. The number of nitrogens with one attached hydrogen (secondary N) is 2. The van der Waals surface area contributed by atoms with Crippen molar-refractivity contribution in [2.24, 2.45) is 4.99 Å². The fraction of sp³-hybridized carbons (Fsp3) is 0.385. The van der Waals surface area contributed by atoms with E-state index in [2.05, 4.69) is 20.5 Å². The van der Waals surface area contributed by atoms with Crippen LogP contribution in [0.4, 0.5) is 5.69 Å². The second-order valence-corrected chi connectivity index (χ2v) is 4.47. The topological polar surface area (TPSA) is 56.7 Å². The second kappa shape index (κ2) is 4.78. The first kappa shape index (κ1) is 11.2. The van der Waals surface area contributed by atoms with Crippen LogP contribution in [0.15, 0.2) is 29.3 Å². The Bertz CT molecular complexity index is 492. The Kier molecular flexibility index (Phi) is 2.98. The molecular formula is C13H16N4O. The van der Waals surface area contributed by atoms with E-state index < -0.39 is 0 Å². The minimum Gasteiger partial charge on any atom is -0.354 e. The number of hydrogen-bond donors (Lipinski definition) is 2. The van der Waals surface area contributed by atoms with Crippen molar-refractivity contribution in [3.05, 3.63) is 29.8 Å². The number of nitrogens with zero attached hydrogens (tertiary/aromatic N) is 2. The maximum Gasteiger partial charge on any atom is 0.246 e. The van der Waals surface area contributed by atoms with Gasteiger partial charge in [-0.15, -0.1) is 0 Å². The molecule has 0 saturated carbocycles. The summed E-state index contributed by atoms with van der Waals surface area (Å²) < 4.78 is 0. The van der Waals surface area contributed by atoms with Crippen LogP contribution >= 0.6 is 0 Å². The van der Waals surface area contributed by atoms with Crippen LogP contribution in [-0.2, 0) is 4.79 Å². The zero-order chi connectivity index (χ0) is 12.4. The fourth-order valence-electron chi connectivity index (χ4n) is 2.36. The summed E-state index contributed by atoms with van der Waals surface area (Å²) in [6.07, 6.45) is 0. The standard InChI is InChI=1S/C13H16N4O/c18-12-9-15-13(17-7-5-14-6-8-17)10-3-1-2-4-11(10)16-12/h1-4,14H,5-9H2,(H,16,18). The first-order valence-electron chi connectivity index (χ1n) is 6.24. The maximum absolute atomic E-state index is 11.6. The molecular weight excluding hydrogens is 228 g/mol. The van der Waals surface area contributed by atoms with E-state index in [1.165, 1.54) is 0 Å². The lowest BCUT2D eigenvalue weighted by molar-refractivity contribution is -0.114. The van der Waals surface area contributed by atoms with Crippen LogP contribution in [0, 0.1) is 0 Å². The summed E-state index contributed by atoms with van der Waals surface area (Å²) in [5.41, 5.74) is 1.88. The highest BCUT2D eigenvalue weighted by Crippen LogP contribution is 2.20. The Labute approximate surface area is 106 Å². The van der Waals surface area contributed by atoms with E-state index in [9.17, 15) is 4.79 Å². The number of benzene rings is 1. The van der Waals surface area contributed by atoms with Crippen LogP contribution in [0.5, 0.6) is 0 Å². The molecule has 0 radical (unpaired) electrons. The Balaban J connectivity index is 1.99. The zero-order valence-corrected chi connectivity index (χ0v) is 10.1. The lowest BCUT2D eigenvalue weighted by atomic mass is 10.1. The normalized spacial score (nSPS) is 19.7. The van der Waals surface area contributed by atoms with Crippen molar-refractivity contribution < 1.29 is 4.79 Å². The van der Waals surface area contributed by atoms with Gasteiger partial charge in [0.25, 0.3) is 0 Å². The molecule has 5 nitrogen and oxygen atoms in total. The smallest absolute Gasteiger partial charge is 0.246 e. The second-order valence-electron chi connectivity index (χ2n) is 4.47. The van der Waals surface area contributed by atoms with Crippen molar-refractivity contribution in [3.8, 4) is 0 Å². The SMILES string of the molecule is O=C1CN=C(N2CCNCC2)c2ccccc2N1. The Morgan fingerprint density at radius 2 is 1.94 bits per heavy atom. The van der Waals surface area contributed by atoms with Crippen LogP contribution < -0.4 is 10.6 Å². The molecule has 1 fully saturated rings. The third kappa shape index (κ3) is 2.09. The number of piperazine rings is 1. The van der Waals surface area contributed by atoms with Crippen molar-refractivity contribution in [2.75, 3.05) is 38.0 Å². The summed E-state index contributed by atoms with van der Waals surface area (Å²) in [6, 6.07) is 7.85. The summed E-state index contributed by atoms with van der Waals surface area (Å²) in [5, 5.41) is 6.22. The molecule has 94 valence electrons. The van der Waals surface area contributed by atoms with Gasteiger partial charge in [-0.3, -0.25) is 9.79 Å². The molecule has 0 bridgehead atoms. The summed E-state index contributed by atoms with van der Waals surface area (Å²) in [4.78, 5) is 18.3. The third-order valence-electron chi connectivity index (χ3n) is 3.23. The van der Waals surface area contributed by atoms with Gasteiger partial charge in [-0.05, 0) is 12.1 Å². The first-order chi connectivity index (χ1) is 8.84. The molecule has 0 unspecified atom stereocenters. The summed E-state index contributed by atoms with van der Waals surface area (Å²) in [5.74, 6) is 0.887. The highest BCUT2D eigenvalue weighted by atomic mass is 16.1. The molecule has 0 atom stereocenters. The van der Waals surface area contributed by atoms with Crippen molar-refractivity contribution in [1.29, 1.82) is 0 Å². The number of carbonyl (C=O) groups excluding carboxylic acids is 1. The van der Waals surface area contributed by atoms with E-state index >= 15 is 0 Å².